The molecule has 1 aliphatic carbocycles. The van der Waals surface area contributed by atoms with Gasteiger partial charge in [0.1, 0.15) is 0 Å². The standard InChI is InChI=1S/C10H15NO/c12-10-8-6-4-2-1-3-5-7-9(8)11-10/h6,9H,1-5,7H2,(H,11,12)/b8-6+/t9-/m1/s1. The molecular weight excluding hydrogens is 150 g/mol. The fourth-order valence-corrected chi connectivity index (χ4v) is 1.97. The minimum Gasteiger partial charge on any atom is -0.345 e. The molecule has 1 amide bonds. The quantitative estimate of drug-likeness (QED) is 0.544. The van der Waals surface area contributed by atoms with Crippen LogP contribution in [0.25, 0.3) is 0 Å². The van der Waals surface area contributed by atoms with Crippen LogP contribution in [0.4, 0.5) is 0 Å². The molecule has 2 heteroatoms. The molecule has 1 aliphatic heterocycles. The molecule has 1 atom stereocenters. The Morgan fingerprint density at radius 2 is 2.08 bits per heavy atom. The first kappa shape index (κ1) is 7.84. The molecule has 1 fully saturated rings. The Labute approximate surface area is 73.0 Å². The highest BCUT2D eigenvalue weighted by Gasteiger charge is 2.31. The normalized spacial score (nSPS) is 34.2. The van der Waals surface area contributed by atoms with Gasteiger partial charge in [0.25, 0.3) is 0 Å². The largest absolute Gasteiger partial charge is 0.345 e. The van der Waals surface area contributed by atoms with E-state index in [4.69, 9.17) is 0 Å². The van der Waals surface area contributed by atoms with Crippen molar-refractivity contribution in [2.24, 2.45) is 0 Å². The second kappa shape index (κ2) is 3.30. The molecule has 1 saturated heterocycles. The molecule has 0 radical (unpaired) electrons. The van der Waals surface area contributed by atoms with Crippen LogP contribution in [-0.2, 0) is 4.79 Å². The topological polar surface area (TPSA) is 29.1 Å². The lowest BCUT2D eigenvalue weighted by molar-refractivity contribution is -0.122. The number of rotatable bonds is 0. The molecule has 0 aromatic rings. The van der Waals surface area contributed by atoms with Crippen LogP contribution in [-0.4, -0.2) is 11.9 Å². The highest BCUT2D eigenvalue weighted by Crippen LogP contribution is 2.23. The zero-order valence-electron chi connectivity index (χ0n) is 7.31. The van der Waals surface area contributed by atoms with Gasteiger partial charge >= 0.3 is 0 Å². The number of β-lactam (4-membered cyclic amide) rings is 1. The van der Waals surface area contributed by atoms with Gasteiger partial charge in [-0.25, -0.2) is 0 Å². The lowest BCUT2D eigenvalue weighted by Gasteiger charge is -2.30. The summed E-state index contributed by atoms with van der Waals surface area (Å²) in [6.07, 6.45) is 9.55. The van der Waals surface area contributed by atoms with Gasteiger partial charge in [-0.15, -0.1) is 0 Å². The summed E-state index contributed by atoms with van der Waals surface area (Å²) in [4.78, 5) is 11.1. The molecule has 1 heterocycles. The summed E-state index contributed by atoms with van der Waals surface area (Å²) in [6.45, 7) is 0. The Bertz CT molecular complexity index is 220. The van der Waals surface area contributed by atoms with E-state index in [-0.39, 0.29) is 5.91 Å². The van der Waals surface area contributed by atoms with Gasteiger partial charge in [0.15, 0.2) is 0 Å². The molecule has 12 heavy (non-hydrogen) atoms. The van der Waals surface area contributed by atoms with Crippen LogP contribution < -0.4 is 5.32 Å². The van der Waals surface area contributed by atoms with Crippen LogP contribution in [0.1, 0.15) is 38.5 Å². The van der Waals surface area contributed by atoms with Crippen molar-refractivity contribution < 1.29 is 4.79 Å². The molecule has 1 N–H and O–H groups in total. The maximum atomic E-state index is 11.1. The summed E-state index contributed by atoms with van der Waals surface area (Å²) in [6, 6.07) is 0.399. The lowest BCUT2D eigenvalue weighted by Crippen LogP contribution is -2.51. The van der Waals surface area contributed by atoms with Crippen molar-refractivity contribution in [2.75, 3.05) is 0 Å². The van der Waals surface area contributed by atoms with E-state index in [0.717, 1.165) is 18.4 Å². The minimum absolute atomic E-state index is 0.168. The molecule has 0 bridgehead atoms. The highest BCUT2D eigenvalue weighted by molar-refractivity contribution is 6.01. The van der Waals surface area contributed by atoms with Crippen molar-refractivity contribution in [1.82, 2.24) is 5.32 Å². The van der Waals surface area contributed by atoms with Crippen molar-refractivity contribution >= 4 is 5.91 Å². The first-order valence-corrected chi connectivity index (χ1v) is 4.89. The molecule has 2 nitrogen and oxygen atoms in total. The lowest BCUT2D eigenvalue weighted by atomic mass is 9.93. The van der Waals surface area contributed by atoms with Crippen molar-refractivity contribution in [3.63, 3.8) is 0 Å². The van der Waals surface area contributed by atoms with Crippen LogP contribution >= 0.6 is 0 Å². The Balaban J connectivity index is 2.02. The average molecular weight is 165 g/mol. The third-order valence-electron chi connectivity index (χ3n) is 2.75. The Morgan fingerprint density at radius 3 is 2.92 bits per heavy atom. The number of hydrogen-bond donors (Lipinski definition) is 1. The van der Waals surface area contributed by atoms with E-state index in [0.29, 0.717) is 6.04 Å². The molecule has 0 unspecified atom stereocenters. The van der Waals surface area contributed by atoms with E-state index in [1.165, 1.54) is 25.7 Å². The van der Waals surface area contributed by atoms with Crippen molar-refractivity contribution in [2.45, 2.75) is 44.6 Å². The van der Waals surface area contributed by atoms with E-state index >= 15 is 0 Å². The fourth-order valence-electron chi connectivity index (χ4n) is 1.97. The zero-order valence-corrected chi connectivity index (χ0v) is 7.31. The number of carbonyl (C=O) groups excluding carboxylic acids is 1. The number of amides is 1. The van der Waals surface area contributed by atoms with Gasteiger partial charge in [-0.05, 0) is 19.3 Å². The molecule has 0 aromatic carbocycles. The van der Waals surface area contributed by atoms with Gasteiger partial charge in [-0.1, -0.05) is 25.3 Å². The van der Waals surface area contributed by atoms with Gasteiger partial charge < -0.3 is 5.32 Å². The summed E-state index contributed by atoms with van der Waals surface area (Å²) >= 11 is 0. The summed E-state index contributed by atoms with van der Waals surface area (Å²) in [5, 5.41) is 2.93. The van der Waals surface area contributed by atoms with Crippen LogP contribution in [0, 0.1) is 0 Å². The third-order valence-corrected chi connectivity index (χ3v) is 2.75. The highest BCUT2D eigenvalue weighted by atomic mass is 16.2. The van der Waals surface area contributed by atoms with E-state index in [1.54, 1.807) is 0 Å². The first-order chi connectivity index (χ1) is 5.88. The van der Waals surface area contributed by atoms with Gasteiger partial charge in [0.05, 0.1) is 6.04 Å². The molecule has 0 aromatic heterocycles. The predicted molar refractivity (Wildman–Crippen MR) is 47.7 cm³/mol. The number of carbonyl (C=O) groups is 1. The smallest absolute Gasteiger partial charge is 0.249 e. The summed E-state index contributed by atoms with van der Waals surface area (Å²) < 4.78 is 0. The summed E-state index contributed by atoms with van der Waals surface area (Å²) in [5.41, 5.74) is 1.05. The maximum absolute atomic E-state index is 11.1. The number of nitrogens with one attached hydrogen (secondary N) is 1. The zero-order chi connectivity index (χ0) is 8.39. The number of allylic oxidation sites excluding steroid dienone is 1. The van der Waals surface area contributed by atoms with Gasteiger partial charge in [-0.3, -0.25) is 4.79 Å². The van der Waals surface area contributed by atoms with E-state index in [1.807, 2.05) is 0 Å². The Kier molecular flexibility index (Phi) is 2.15. The van der Waals surface area contributed by atoms with E-state index in [2.05, 4.69) is 11.4 Å². The monoisotopic (exact) mass is 165 g/mol. The van der Waals surface area contributed by atoms with Crippen LogP contribution in [0.15, 0.2) is 11.6 Å². The van der Waals surface area contributed by atoms with Crippen LogP contribution in [0.3, 0.4) is 0 Å². The van der Waals surface area contributed by atoms with Gasteiger partial charge in [0.2, 0.25) is 5.91 Å². The summed E-state index contributed by atoms with van der Waals surface area (Å²) in [7, 11) is 0. The number of fused-ring (bicyclic) bond motifs is 1. The fraction of sp³-hybridized carbons (Fsp3) is 0.700. The van der Waals surface area contributed by atoms with Crippen molar-refractivity contribution in [3.8, 4) is 0 Å². The van der Waals surface area contributed by atoms with Crippen LogP contribution in [0.5, 0.6) is 0 Å². The SMILES string of the molecule is O=C1N[C@@H]2CCCCCC/C=C/12. The molecule has 0 spiro atoms. The second-order valence-corrected chi connectivity index (χ2v) is 3.68. The Hall–Kier alpha value is -0.790. The molecule has 66 valence electrons. The van der Waals surface area contributed by atoms with Crippen molar-refractivity contribution in [3.05, 3.63) is 11.6 Å². The third kappa shape index (κ3) is 1.38. The van der Waals surface area contributed by atoms with Gasteiger partial charge in [0, 0.05) is 5.57 Å². The molecular formula is C10H15NO. The molecule has 0 saturated carbocycles. The summed E-state index contributed by atoms with van der Waals surface area (Å²) in [5.74, 6) is 0.168. The van der Waals surface area contributed by atoms with Crippen LogP contribution in [0.2, 0.25) is 0 Å². The molecule has 2 aliphatic rings. The van der Waals surface area contributed by atoms with Crippen molar-refractivity contribution in [1.29, 1.82) is 0 Å². The maximum Gasteiger partial charge on any atom is 0.249 e. The predicted octanol–water partition coefficient (Wildman–Crippen LogP) is 1.77. The number of hydrogen-bond acceptors (Lipinski definition) is 1. The Morgan fingerprint density at radius 1 is 1.25 bits per heavy atom. The second-order valence-electron chi connectivity index (χ2n) is 3.68. The van der Waals surface area contributed by atoms with E-state index < -0.39 is 0 Å². The minimum atomic E-state index is 0.168. The molecule has 2 rings (SSSR count). The first-order valence-electron chi connectivity index (χ1n) is 4.89. The average Bonchev–Trinajstić information content (AvgIpc) is 2.14. The van der Waals surface area contributed by atoms with Gasteiger partial charge in [-0.2, -0.15) is 0 Å². The van der Waals surface area contributed by atoms with E-state index in [9.17, 15) is 4.79 Å².